The third kappa shape index (κ3) is 6.72. The highest BCUT2D eigenvalue weighted by Gasteiger charge is 2.23. The number of hydrogen-bond acceptors (Lipinski definition) is 3. The molecule has 0 saturated carbocycles. The monoisotopic (exact) mass is 279 g/mol. The van der Waals surface area contributed by atoms with Gasteiger partial charge in [0.15, 0.2) is 0 Å². The Morgan fingerprint density at radius 1 is 1.35 bits per heavy atom. The van der Waals surface area contributed by atoms with Crippen LogP contribution >= 0.6 is 0 Å². The van der Waals surface area contributed by atoms with Crippen LogP contribution in [0.2, 0.25) is 0 Å². The molecule has 1 heterocycles. The van der Waals surface area contributed by atoms with Crippen molar-refractivity contribution in [1.29, 1.82) is 5.26 Å². The third-order valence-corrected chi connectivity index (χ3v) is 4.23. The van der Waals surface area contributed by atoms with E-state index < -0.39 is 0 Å². The summed E-state index contributed by atoms with van der Waals surface area (Å²) in [6.07, 6.45) is 6.18. The van der Waals surface area contributed by atoms with Crippen LogP contribution in [0.25, 0.3) is 0 Å². The predicted octanol–water partition coefficient (Wildman–Crippen LogP) is 3.42. The van der Waals surface area contributed by atoms with Crippen molar-refractivity contribution in [2.45, 2.75) is 65.8 Å². The molecule has 0 spiro atoms. The minimum Gasteiger partial charge on any atom is -0.315 e. The summed E-state index contributed by atoms with van der Waals surface area (Å²) in [4.78, 5) is 2.64. The second-order valence-corrected chi connectivity index (χ2v) is 7.34. The van der Waals surface area contributed by atoms with Gasteiger partial charge in [0.2, 0.25) is 0 Å². The van der Waals surface area contributed by atoms with Crippen molar-refractivity contribution in [1.82, 2.24) is 10.2 Å². The zero-order valence-electron chi connectivity index (χ0n) is 13.9. The summed E-state index contributed by atoms with van der Waals surface area (Å²) in [5, 5.41) is 12.7. The highest BCUT2D eigenvalue weighted by atomic mass is 15.2. The van der Waals surface area contributed by atoms with Gasteiger partial charge in [0, 0.05) is 12.6 Å². The maximum Gasteiger partial charge on any atom is 0.0683 e. The van der Waals surface area contributed by atoms with Gasteiger partial charge in [0.1, 0.15) is 0 Å². The van der Waals surface area contributed by atoms with Gasteiger partial charge >= 0.3 is 0 Å². The van der Waals surface area contributed by atoms with Crippen molar-refractivity contribution in [3.63, 3.8) is 0 Å². The molecule has 0 aromatic rings. The summed E-state index contributed by atoms with van der Waals surface area (Å²) in [6.45, 7) is 13.2. The second-order valence-electron chi connectivity index (χ2n) is 7.34. The minimum absolute atomic E-state index is 0.165. The average Bonchev–Trinajstić information content (AvgIpc) is 2.40. The largest absolute Gasteiger partial charge is 0.315 e. The molecule has 0 aromatic heterocycles. The van der Waals surface area contributed by atoms with Gasteiger partial charge in [0.25, 0.3) is 0 Å². The highest BCUT2D eigenvalue weighted by Crippen LogP contribution is 2.23. The van der Waals surface area contributed by atoms with Gasteiger partial charge in [-0.15, -0.1) is 0 Å². The van der Waals surface area contributed by atoms with Crippen LogP contribution < -0.4 is 5.32 Å². The molecule has 3 heteroatoms. The maximum absolute atomic E-state index is 9.08. The molecule has 3 nitrogen and oxygen atoms in total. The summed E-state index contributed by atoms with van der Waals surface area (Å²) < 4.78 is 0. The van der Waals surface area contributed by atoms with Crippen LogP contribution in [0.1, 0.15) is 59.8 Å². The number of nitrogens with one attached hydrogen (secondary N) is 1. The lowest BCUT2D eigenvalue weighted by molar-refractivity contribution is 0.138. The van der Waals surface area contributed by atoms with Crippen molar-refractivity contribution in [2.75, 3.05) is 26.2 Å². The van der Waals surface area contributed by atoms with Crippen molar-refractivity contribution < 1.29 is 0 Å². The number of rotatable bonds is 8. The second kappa shape index (κ2) is 8.64. The lowest BCUT2D eigenvalue weighted by Crippen LogP contribution is -2.46. The van der Waals surface area contributed by atoms with Crippen molar-refractivity contribution in [2.24, 2.45) is 11.3 Å². The normalized spacial score (nSPS) is 21.1. The van der Waals surface area contributed by atoms with Crippen LogP contribution in [0.4, 0.5) is 0 Å². The molecule has 1 N–H and O–H groups in total. The zero-order valence-corrected chi connectivity index (χ0v) is 13.9. The molecule has 1 unspecified atom stereocenters. The molecule has 116 valence electrons. The van der Waals surface area contributed by atoms with Crippen LogP contribution in [0, 0.1) is 22.7 Å². The van der Waals surface area contributed by atoms with E-state index in [1.54, 1.807) is 0 Å². The first-order valence-electron chi connectivity index (χ1n) is 8.30. The van der Waals surface area contributed by atoms with Crippen LogP contribution in [0.5, 0.6) is 0 Å². The average molecular weight is 279 g/mol. The van der Waals surface area contributed by atoms with Gasteiger partial charge in [-0.1, -0.05) is 20.3 Å². The molecule has 1 atom stereocenters. The van der Waals surface area contributed by atoms with Gasteiger partial charge in [-0.05, 0) is 65.1 Å². The van der Waals surface area contributed by atoms with Crippen molar-refractivity contribution in [3.05, 3.63) is 0 Å². The van der Waals surface area contributed by atoms with Crippen LogP contribution in [-0.2, 0) is 0 Å². The van der Waals surface area contributed by atoms with Crippen LogP contribution in [0.3, 0.4) is 0 Å². The minimum atomic E-state index is -0.165. The molecule has 1 aliphatic rings. The molecule has 0 amide bonds. The fraction of sp³-hybridized carbons (Fsp3) is 0.941. The Morgan fingerprint density at radius 3 is 2.75 bits per heavy atom. The standard InChI is InChI=1S/C17H33N3/c1-15(2)12-19-13-16-8-5-6-10-20(16)11-7-9-17(3,4)14-18/h15-16,19H,5-13H2,1-4H3. The smallest absolute Gasteiger partial charge is 0.0683 e. The maximum atomic E-state index is 9.08. The Hall–Kier alpha value is -0.590. The predicted molar refractivity (Wildman–Crippen MR) is 85.5 cm³/mol. The summed E-state index contributed by atoms with van der Waals surface area (Å²) in [5.74, 6) is 0.725. The molecular weight excluding hydrogens is 246 g/mol. The molecule has 20 heavy (non-hydrogen) atoms. The van der Waals surface area contributed by atoms with Crippen LogP contribution in [-0.4, -0.2) is 37.1 Å². The molecule has 1 saturated heterocycles. The number of nitriles is 1. The van der Waals surface area contributed by atoms with Gasteiger partial charge < -0.3 is 5.32 Å². The molecule has 0 aromatic carbocycles. The zero-order chi connectivity index (χ0) is 15.0. The number of likely N-dealkylation sites (tertiary alicyclic amines) is 1. The quantitative estimate of drug-likeness (QED) is 0.740. The fourth-order valence-electron chi connectivity index (χ4n) is 2.90. The van der Waals surface area contributed by atoms with E-state index in [0.29, 0.717) is 6.04 Å². The van der Waals surface area contributed by atoms with E-state index in [0.717, 1.165) is 38.4 Å². The Bertz CT molecular complexity index is 304. The van der Waals surface area contributed by atoms with E-state index in [-0.39, 0.29) is 5.41 Å². The number of nitrogens with zero attached hydrogens (tertiary/aromatic N) is 2. The Balaban J connectivity index is 2.31. The van der Waals surface area contributed by atoms with E-state index in [2.05, 4.69) is 30.1 Å². The molecule has 0 bridgehead atoms. The summed E-state index contributed by atoms with van der Waals surface area (Å²) in [7, 11) is 0. The molecular formula is C17H33N3. The molecule has 1 aliphatic heterocycles. The van der Waals surface area contributed by atoms with Gasteiger partial charge in [-0.3, -0.25) is 4.90 Å². The van der Waals surface area contributed by atoms with Gasteiger partial charge in [-0.2, -0.15) is 5.26 Å². The van der Waals surface area contributed by atoms with E-state index in [9.17, 15) is 0 Å². The summed E-state index contributed by atoms with van der Waals surface area (Å²) in [5.41, 5.74) is -0.165. The van der Waals surface area contributed by atoms with Gasteiger partial charge in [0.05, 0.1) is 11.5 Å². The van der Waals surface area contributed by atoms with Crippen LogP contribution in [0.15, 0.2) is 0 Å². The lowest BCUT2D eigenvalue weighted by Gasteiger charge is -2.36. The SMILES string of the molecule is CC(C)CNCC1CCCCN1CCCC(C)(C)C#N. The summed E-state index contributed by atoms with van der Waals surface area (Å²) >= 11 is 0. The Morgan fingerprint density at radius 2 is 2.10 bits per heavy atom. The van der Waals surface area contributed by atoms with E-state index in [1.165, 1.54) is 25.8 Å². The number of piperidine rings is 1. The first-order chi connectivity index (χ1) is 9.44. The first-order valence-corrected chi connectivity index (χ1v) is 8.30. The van der Waals surface area contributed by atoms with Crippen molar-refractivity contribution in [3.8, 4) is 6.07 Å². The number of hydrogen-bond donors (Lipinski definition) is 1. The highest BCUT2D eigenvalue weighted by molar-refractivity contribution is 4.91. The molecule has 1 fully saturated rings. The molecule has 1 rings (SSSR count). The van der Waals surface area contributed by atoms with Crippen molar-refractivity contribution >= 4 is 0 Å². The molecule has 0 aliphatic carbocycles. The van der Waals surface area contributed by atoms with E-state index >= 15 is 0 Å². The topological polar surface area (TPSA) is 39.1 Å². The first kappa shape index (κ1) is 17.5. The molecule has 0 radical (unpaired) electrons. The fourth-order valence-corrected chi connectivity index (χ4v) is 2.90. The Labute approximate surface area is 125 Å². The third-order valence-electron chi connectivity index (χ3n) is 4.23. The van der Waals surface area contributed by atoms with E-state index in [4.69, 9.17) is 5.26 Å². The lowest BCUT2D eigenvalue weighted by atomic mass is 9.89. The Kier molecular flexibility index (Phi) is 7.55. The van der Waals surface area contributed by atoms with E-state index in [1.807, 2.05) is 13.8 Å². The van der Waals surface area contributed by atoms with Gasteiger partial charge in [-0.25, -0.2) is 0 Å². The summed E-state index contributed by atoms with van der Waals surface area (Å²) in [6, 6.07) is 3.11.